The molecule has 0 fully saturated rings. The van der Waals surface area contributed by atoms with E-state index in [0.717, 1.165) is 56.4 Å². The van der Waals surface area contributed by atoms with E-state index in [0.29, 0.717) is 10.0 Å². The quantitative estimate of drug-likeness (QED) is 0.169. The number of benzene rings is 7. The maximum atomic E-state index is 6.90. The number of rotatable bonds is 4. The molecule has 246 valence electrons. The fourth-order valence-corrected chi connectivity index (χ4v) is 8.28. The number of anilines is 6. The summed E-state index contributed by atoms with van der Waals surface area (Å²) in [7, 11) is 0. The Labute approximate surface area is 310 Å². The summed E-state index contributed by atoms with van der Waals surface area (Å²) in [6, 6.07) is 56.4. The Morgan fingerprint density at radius 1 is 0.431 bits per heavy atom. The van der Waals surface area contributed by atoms with E-state index in [1.807, 2.05) is 12.1 Å². The van der Waals surface area contributed by atoms with Crippen LogP contribution in [-0.2, 0) is 5.41 Å². The number of halogens is 2. The highest BCUT2D eigenvalue weighted by Crippen LogP contribution is 2.49. The van der Waals surface area contributed by atoms with Crippen molar-refractivity contribution in [3.63, 3.8) is 0 Å². The first kappa shape index (κ1) is 31.7. The second-order valence-corrected chi connectivity index (χ2v) is 15.3. The first-order valence-corrected chi connectivity index (χ1v) is 18.2. The number of nitrogens with zero attached hydrogens (tertiary/aromatic N) is 2. The molecule has 2 nitrogen and oxygen atoms in total. The van der Waals surface area contributed by atoms with Crippen molar-refractivity contribution in [2.75, 3.05) is 9.80 Å². The molecule has 0 saturated carbocycles. The molecule has 0 atom stereocenters. The second-order valence-electron chi connectivity index (χ2n) is 14.5. The molecule has 0 unspecified atom stereocenters. The van der Waals surface area contributed by atoms with Crippen LogP contribution < -0.4 is 26.2 Å². The van der Waals surface area contributed by atoms with Crippen molar-refractivity contribution in [3.8, 4) is 22.3 Å². The van der Waals surface area contributed by atoms with Gasteiger partial charge in [-0.05, 0) is 87.0 Å². The number of para-hydroxylation sites is 2. The fourth-order valence-electron chi connectivity index (χ4n) is 7.95. The van der Waals surface area contributed by atoms with Gasteiger partial charge in [0, 0.05) is 43.9 Å². The molecule has 0 radical (unpaired) electrons. The van der Waals surface area contributed by atoms with Gasteiger partial charge in [0.15, 0.2) is 0 Å². The zero-order valence-electron chi connectivity index (χ0n) is 28.7. The summed E-state index contributed by atoms with van der Waals surface area (Å²) >= 11 is 13.8. The van der Waals surface area contributed by atoms with Crippen molar-refractivity contribution in [1.82, 2.24) is 0 Å². The predicted octanol–water partition coefficient (Wildman–Crippen LogP) is 11.7. The van der Waals surface area contributed by atoms with Gasteiger partial charge in [0.25, 0.3) is 6.71 Å². The van der Waals surface area contributed by atoms with Gasteiger partial charge in [-0.25, -0.2) is 0 Å². The molecular weight excluding hydrogens is 662 g/mol. The van der Waals surface area contributed by atoms with E-state index in [1.165, 1.54) is 22.0 Å². The second kappa shape index (κ2) is 12.2. The minimum atomic E-state index is -0.139. The van der Waals surface area contributed by atoms with Crippen molar-refractivity contribution < 1.29 is 0 Å². The molecule has 0 amide bonds. The standard InChI is InChI=1S/C46H35BCl2N2/c1-46(2,3)32-26-43-45-44(27-32)51(40-21-13-11-19-36(40)31-16-8-5-9-17-31)42-29-34(49)23-25-38(42)47(45)37-24-22-33(48)28-41(37)50(43)39-20-12-10-18-35(39)30-14-6-4-7-15-30/h4-29H,1-3H3. The third kappa shape index (κ3) is 5.26. The van der Waals surface area contributed by atoms with E-state index >= 15 is 0 Å². The summed E-state index contributed by atoms with van der Waals surface area (Å²) in [4.78, 5) is 4.91. The smallest absolute Gasteiger partial charge is 0.252 e. The van der Waals surface area contributed by atoms with Crippen LogP contribution in [0.15, 0.2) is 158 Å². The Kier molecular flexibility index (Phi) is 7.61. The van der Waals surface area contributed by atoms with Gasteiger partial charge in [0.05, 0.1) is 11.4 Å². The summed E-state index contributed by atoms with van der Waals surface area (Å²) in [5, 5.41) is 1.41. The lowest BCUT2D eigenvalue weighted by Gasteiger charge is -2.45. The number of hydrogen-bond acceptors (Lipinski definition) is 2. The van der Waals surface area contributed by atoms with Gasteiger partial charge in [0.1, 0.15) is 0 Å². The van der Waals surface area contributed by atoms with Crippen LogP contribution in [0.25, 0.3) is 22.3 Å². The lowest BCUT2D eigenvalue weighted by molar-refractivity contribution is 0.590. The minimum Gasteiger partial charge on any atom is -0.311 e. The molecule has 0 N–H and O–H groups in total. The van der Waals surface area contributed by atoms with E-state index in [4.69, 9.17) is 23.2 Å². The van der Waals surface area contributed by atoms with Crippen LogP contribution in [0.1, 0.15) is 26.3 Å². The summed E-state index contributed by atoms with van der Waals surface area (Å²) in [6.07, 6.45) is 0. The molecule has 0 saturated heterocycles. The summed E-state index contributed by atoms with van der Waals surface area (Å²) in [5.41, 5.74) is 16.1. The average Bonchev–Trinajstić information content (AvgIpc) is 3.15. The van der Waals surface area contributed by atoms with Gasteiger partial charge < -0.3 is 9.80 Å². The van der Waals surface area contributed by atoms with Gasteiger partial charge in [-0.15, -0.1) is 0 Å². The average molecular weight is 698 g/mol. The van der Waals surface area contributed by atoms with Crippen molar-refractivity contribution in [3.05, 3.63) is 173 Å². The molecule has 9 rings (SSSR count). The summed E-state index contributed by atoms with van der Waals surface area (Å²) in [5.74, 6) is 0. The van der Waals surface area contributed by atoms with E-state index in [9.17, 15) is 0 Å². The third-order valence-corrected chi connectivity index (χ3v) is 10.8. The van der Waals surface area contributed by atoms with Crippen LogP contribution in [0, 0.1) is 0 Å². The van der Waals surface area contributed by atoms with Gasteiger partial charge in [-0.1, -0.05) is 153 Å². The molecule has 0 aliphatic carbocycles. The van der Waals surface area contributed by atoms with Crippen molar-refractivity contribution in [2.24, 2.45) is 0 Å². The van der Waals surface area contributed by atoms with Gasteiger partial charge in [-0.3, -0.25) is 0 Å². The predicted molar refractivity (Wildman–Crippen MR) is 220 cm³/mol. The lowest BCUT2D eigenvalue weighted by atomic mass is 9.33. The molecule has 5 heteroatoms. The zero-order chi connectivity index (χ0) is 34.9. The summed E-state index contributed by atoms with van der Waals surface area (Å²) in [6.45, 7) is 6.85. The Hall–Kier alpha value is -5.22. The summed E-state index contributed by atoms with van der Waals surface area (Å²) < 4.78 is 0. The van der Waals surface area contributed by atoms with E-state index in [2.05, 4.69) is 176 Å². The molecule has 0 aromatic heterocycles. The monoisotopic (exact) mass is 696 g/mol. The topological polar surface area (TPSA) is 6.48 Å². The van der Waals surface area contributed by atoms with Crippen LogP contribution >= 0.6 is 23.2 Å². The molecule has 0 bridgehead atoms. The highest BCUT2D eigenvalue weighted by atomic mass is 35.5. The zero-order valence-corrected chi connectivity index (χ0v) is 30.3. The largest absolute Gasteiger partial charge is 0.311 e. The Bertz CT molecular complexity index is 2290. The molecule has 0 spiro atoms. The lowest BCUT2D eigenvalue weighted by Crippen LogP contribution is -2.61. The van der Waals surface area contributed by atoms with E-state index in [1.54, 1.807) is 0 Å². The highest BCUT2D eigenvalue weighted by molar-refractivity contribution is 7.00. The molecule has 7 aromatic carbocycles. The first-order chi connectivity index (χ1) is 24.8. The molecule has 7 aromatic rings. The van der Waals surface area contributed by atoms with Crippen LogP contribution in [0.2, 0.25) is 10.0 Å². The van der Waals surface area contributed by atoms with Gasteiger partial charge >= 0.3 is 0 Å². The van der Waals surface area contributed by atoms with Crippen molar-refractivity contribution in [2.45, 2.75) is 26.2 Å². The SMILES string of the molecule is CC(C)(C)c1cc2c3c(c1)N(c1ccccc1-c1ccccc1)c1cc(Cl)ccc1B3c1ccc(Cl)cc1N2c1ccccc1-c1ccccc1. The van der Waals surface area contributed by atoms with E-state index < -0.39 is 0 Å². The Morgan fingerprint density at radius 3 is 1.27 bits per heavy atom. The highest BCUT2D eigenvalue weighted by Gasteiger charge is 2.44. The Morgan fingerprint density at radius 2 is 0.843 bits per heavy atom. The van der Waals surface area contributed by atoms with Crippen LogP contribution in [-0.4, -0.2) is 6.71 Å². The van der Waals surface area contributed by atoms with Crippen molar-refractivity contribution in [1.29, 1.82) is 0 Å². The number of hydrogen-bond donors (Lipinski definition) is 0. The molecule has 2 heterocycles. The van der Waals surface area contributed by atoms with Crippen LogP contribution in [0.4, 0.5) is 34.1 Å². The van der Waals surface area contributed by atoms with Gasteiger partial charge in [0.2, 0.25) is 0 Å². The molecule has 51 heavy (non-hydrogen) atoms. The molecular formula is C46H35BCl2N2. The van der Waals surface area contributed by atoms with Gasteiger partial charge in [-0.2, -0.15) is 0 Å². The van der Waals surface area contributed by atoms with Crippen LogP contribution in [0.3, 0.4) is 0 Å². The maximum absolute atomic E-state index is 6.90. The van der Waals surface area contributed by atoms with Crippen molar-refractivity contribution >= 4 is 80.4 Å². The fraction of sp³-hybridized carbons (Fsp3) is 0.0870. The number of fused-ring (bicyclic) bond motifs is 4. The Balaban J connectivity index is 1.42. The first-order valence-electron chi connectivity index (χ1n) is 17.4. The maximum Gasteiger partial charge on any atom is 0.252 e. The minimum absolute atomic E-state index is 0.0381. The normalized spacial score (nSPS) is 13.1. The van der Waals surface area contributed by atoms with Crippen LogP contribution in [0.5, 0.6) is 0 Å². The molecule has 2 aliphatic rings. The molecule has 2 aliphatic heterocycles. The third-order valence-electron chi connectivity index (χ3n) is 10.3. The van der Waals surface area contributed by atoms with E-state index in [-0.39, 0.29) is 12.1 Å².